The zero-order chi connectivity index (χ0) is 23.3. The molecule has 7 nitrogen and oxygen atoms in total. The lowest BCUT2D eigenvalue weighted by atomic mass is 9.97. The van der Waals surface area contributed by atoms with Gasteiger partial charge in [-0.05, 0) is 30.5 Å². The molecule has 1 saturated carbocycles. The summed E-state index contributed by atoms with van der Waals surface area (Å²) in [5, 5.41) is 13.2. The van der Waals surface area contributed by atoms with Crippen molar-refractivity contribution in [3.05, 3.63) is 70.5 Å². The summed E-state index contributed by atoms with van der Waals surface area (Å²) in [5.74, 6) is 0.772. The molecule has 176 valence electrons. The van der Waals surface area contributed by atoms with Crippen LogP contribution in [0.2, 0.25) is 0 Å². The molecule has 0 aliphatic heterocycles. The van der Waals surface area contributed by atoms with E-state index in [2.05, 4.69) is 15.5 Å². The van der Waals surface area contributed by atoms with Crippen molar-refractivity contribution in [2.45, 2.75) is 62.7 Å². The van der Waals surface area contributed by atoms with Crippen LogP contribution in [0, 0.1) is 0 Å². The Morgan fingerprint density at radius 2 is 1.65 bits per heavy atom. The van der Waals surface area contributed by atoms with E-state index < -0.39 is 0 Å². The van der Waals surface area contributed by atoms with Gasteiger partial charge in [0.2, 0.25) is 11.7 Å². The van der Waals surface area contributed by atoms with Gasteiger partial charge in [-0.25, -0.2) is 0 Å². The molecule has 1 N–H and O–H groups in total. The molecule has 1 aliphatic rings. The van der Waals surface area contributed by atoms with Gasteiger partial charge in [0, 0.05) is 6.04 Å². The summed E-state index contributed by atoms with van der Waals surface area (Å²) in [6.45, 7) is 0.402. The minimum absolute atomic E-state index is 0.0224. The molecule has 34 heavy (non-hydrogen) atoms. The lowest BCUT2D eigenvalue weighted by Gasteiger charge is -2.20. The highest BCUT2D eigenvalue weighted by molar-refractivity contribution is 7.99. The number of carbonyl (C=O) groups excluding carboxylic acids is 1. The van der Waals surface area contributed by atoms with Crippen molar-refractivity contribution in [1.29, 1.82) is 0 Å². The summed E-state index contributed by atoms with van der Waals surface area (Å²) in [6, 6.07) is 17.6. The number of thioether (sulfide) groups is 1. The van der Waals surface area contributed by atoms with Crippen LogP contribution in [0.4, 0.5) is 0 Å². The first-order valence-corrected chi connectivity index (χ1v) is 13.0. The van der Waals surface area contributed by atoms with Crippen LogP contribution in [0.1, 0.15) is 50.5 Å². The first kappa shape index (κ1) is 22.7. The molecule has 2 aromatic carbocycles. The molecule has 0 saturated heterocycles. The van der Waals surface area contributed by atoms with Crippen molar-refractivity contribution in [1.82, 2.24) is 24.5 Å². The van der Waals surface area contributed by atoms with E-state index in [-0.39, 0.29) is 23.3 Å². The van der Waals surface area contributed by atoms with Gasteiger partial charge in [0.05, 0.1) is 23.2 Å². The Morgan fingerprint density at radius 3 is 2.44 bits per heavy atom. The van der Waals surface area contributed by atoms with Crippen molar-refractivity contribution in [3.63, 3.8) is 0 Å². The van der Waals surface area contributed by atoms with E-state index in [9.17, 15) is 9.59 Å². The number of hydrogen-bond donors (Lipinski definition) is 1. The van der Waals surface area contributed by atoms with Crippen LogP contribution in [0.25, 0.3) is 16.7 Å². The summed E-state index contributed by atoms with van der Waals surface area (Å²) in [4.78, 5) is 26.0. The smallest absolute Gasteiger partial charge is 0.263 e. The topological polar surface area (TPSA) is 81.3 Å². The van der Waals surface area contributed by atoms with E-state index in [1.54, 1.807) is 4.57 Å². The Balaban J connectivity index is 1.42. The minimum Gasteiger partial charge on any atom is -0.353 e. The minimum atomic E-state index is -0.0991. The van der Waals surface area contributed by atoms with Gasteiger partial charge < -0.3 is 5.32 Å². The second-order valence-electron chi connectivity index (χ2n) is 8.91. The molecule has 1 aliphatic carbocycles. The molecule has 0 spiro atoms. The van der Waals surface area contributed by atoms with Gasteiger partial charge in [0.15, 0.2) is 5.16 Å². The Bertz CT molecular complexity index is 1340. The normalized spacial score (nSPS) is 15.3. The fourth-order valence-corrected chi connectivity index (χ4v) is 5.49. The standard InChI is InChI=1S/C26H29N5O2S/c32-23(27-20-13-7-2-1-3-8-14-20)18-34-26-29-28-25-30(17-19-11-5-4-6-12-19)24(33)21-15-9-10-16-22(21)31(25)26/h4-6,9-12,15-16,20H,1-3,7-8,13-14,17-18H2,(H,27,32). The molecule has 2 aromatic heterocycles. The number of benzene rings is 2. The summed E-state index contributed by atoms with van der Waals surface area (Å²) >= 11 is 1.36. The van der Waals surface area contributed by atoms with Crippen molar-refractivity contribution in [2.75, 3.05) is 5.75 Å². The first-order valence-electron chi connectivity index (χ1n) is 12.0. The second-order valence-corrected chi connectivity index (χ2v) is 9.85. The Hall–Kier alpha value is -3.13. The molecule has 4 aromatic rings. The number of carbonyl (C=O) groups is 1. The Morgan fingerprint density at radius 1 is 0.941 bits per heavy atom. The largest absolute Gasteiger partial charge is 0.353 e. The molecule has 2 heterocycles. The SMILES string of the molecule is O=C(CSc1nnc2n(Cc3ccccc3)c(=O)c3ccccc3n12)NC1CCCCCCC1. The molecule has 0 radical (unpaired) electrons. The highest BCUT2D eigenvalue weighted by Crippen LogP contribution is 2.22. The summed E-state index contributed by atoms with van der Waals surface area (Å²) < 4.78 is 3.55. The van der Waals surface area contributed by atoms with Crippen molar-refractivity contribution in [3.8, 4) is 0 Å². The number of hydrogen-bond acceptors (Lipinski definition) is 5. The van der Waals surface area contributed by atoms with Gasteiger partial charge >= 0.3 is 0 Å². The van der Waals surface area contributed by atoms with Crippen LogP contribution in [-0.4, -0.2) is 36.9 Å². The van der Waals surface area contributed by atoms with E-state index >= 15 is 0 Å². The molecular weight excluding hydrogens is 446 g/mol. The van der Waals surface area contributed by atoms with Crippen LogP contribution in [0.3, 0.4) is 0 Å². The van der Waals surface area contributed by atoms with Crippen molar-refractivity contribution in [2.24, 2.45) is 0 Å². The fraction of sp³-hybridized carbons (Fsp3) is 0.385. The molecule has 5 rings (SSSR count). The van der Waals surface area contributed by atoms with Crippen LogP contribution in [0.5, 0.6) is 0 Å². The third-order valence-corrected chi connectivity index (χ3v) is 7.39. The average molecular weight is 476 g/mol. The predicted molar refractivity (Wildman–Crippen MR) is 135 cm³/mol. The zero-order valence-corrected chi connectivity index (χ0v) is 20.0. The van der Waals surface area contributed by atoms with Crippen LogP contribution < -0.4 is 10.9 Å². The summed E-state index contributed by atoms with van der Waals surface area (Å²) in [7, 11) is 0. The molecule has 0 unspecified atom stereocenters. The van der Waals surface area contributed by atoms with Crippen LogP contribution in [-0.2, 0) is 11.3 Å². The predicted octanol–water partition coefficient (Wildman–Crippen LogP) is 4.41. The Kier molecular flexibility index (Phi) is 6.94. The summed E-state index contributed by atoms with van der Waals surface area (Å²) in [6.07, 6.45) is 8.28. The Labute approximate surface area is 202 Å². The van der Waals surface area contributed by atoms with E-state index in [0.717, 1.165) is 23.9 Å². The maximum atomic E-state index is 13.3. The van der Waals surface area contributed by atoms with E-state index in [0.29, 0.717) is 22.9 Å². The molecule has 8 heteroatoms. The highest BCUT2D eigenvalue weighted by atomic mass is 32.2. The molecular formula is C26H29N5O2S. The quantitative estimate of drug-likeness (QED) is 0.418. The van der Waals surface area contributed by atoms with Gasteiger partial charge in [-0.3, -0.25) is 18.6 Å². The van der Waals surface area contributed by atoms with Gasteiger partial charge in [0.25, 0.3) is 5.56 Å². The lowest BCUT2D eigenvalue weighted by Crippen LogP contribution is -2.36. The monoisotopic (exact) mass is 475 g/mol. The van der Waals surface area contributed by atoms with E-state index in [1.807, 2.05) is 59.0 Å². The zero-order valence-electron chi connectivity index (χ0n) is 19.2. The van der Waals surface area contributed by atoms with Crippen LogP contribution in [0.15, 0.2) is 64.5 Å². The highest BCUT2D eigenvalue weighted by Gasteiger charge is 2.19. The number of fused-ring (bicyclic) bond motifs is 3. The van der Waals surface area contributed by atoms with Gasteiger partial charge in [-0.1, -0.05) is 86.3 Å². The van der Waals surface area contributed by atoms with Gasteiger partial charge in [0.1, 0.15) is 0 Å². The van der Waals surface area contributed by atoms with E-state index in [1.165, 1.54) is 43.9 Å². The van der Waals surface area contributed by atoms with E-state index in [4.69, 9.17) is 0 Å². The molecule has 0 bridgehead atoms. The van der Waals surface area contributed by atoms with Crippen molar-refractivity contribution >= 4 is 34.3 Å². The van der Waals surface area contributed by atoms with Gasteiger partial charge in [-0.15, -0.1) is 10.2 Å². The lowest BCUT2D eigenvalue weighted by molar-refractivity contribution is -0.119. The number of para-hydroxylation sites is 1. The maximum Gasteiger partial charge on any atom is 0.263 e. The van der Waals surface area contributed by atoms with Gasteiger partial charge in [-0.2, -0.15) is 0 Å². The average Bonchev–Trinajstić information content (AvgIpc) is 3.27. The van der Waals surface area contributed by atoms with Crippen molar-refractivity contribution < 1.29 is 4.79 Å². The molecule has 1 fully saturated rings. The second kappa shape index (κ2) is 10.4. The number of nitrogens with zero attached hydrogens (tertiary/aromatic N) is 4. The molecule has 1 amide bonds. The van der Waals surface area contributed by atoms with Crippen LogP contribution >= 0.6 is 11.8 Å². The molecule has 0 atom stereocenters. The third-order valence-electron chi connectivity index (χ3n) is 6.46. The number of rotatable bonds is 6. The third kappa shape index (κ3) is 4.87. The number of nitrogens with one attached hydrogen (secondary N) is 1. The first-order chi connectivity index (χ1) is 16.7. The fourth-order valence-electron chi connectivity index (χ4n) is 4.74. The number of aromatic nitrogens is 4. The maximum absolute atomic E-state index is 13.3. The summed E-state index contributed by atoms with van der Waals surface area (Å²) in [5.41, 5.74) is 1.66. The number of amides is 1.